The summed E-state index contributed by atoms with van der Waals surface area (Å²) >= 11 is 3.25. The molecular formula is C13H11BrN2O4. The lowest BCUT2D eigenvalue weighted by Gasteiger charge is -2.06. The van der Waals surface area contributed by atoms with Crippen molar-refractivity contribution < 1.29 is 19.4 Å². The molecule has 6 nitrogen and oxygen atoms in total. The van der Waals surface area contributed by atoms with Gasteiger partial charge in [0.25, 0.3) is 0 Å². The van der Waals surface area contributed by atoms with Crippen LogP contribution in [0.1, 0.15) is 5.56 Å². The van der Waals surface area contributed by atoms with E-state index >= 15 is 0 Å². The van der Waals surface area contributed by atoms with E-state index in [2.05, 4.69) is 25.9 Å². The molecule has 1 aromatic carbocycles. The van der Waals surface area contributed by atoms with Gasteiger partial charge in [-0.25, -0.2) is 4.98 Å². The third-order valence-corrected chi connectivity index (χ3v) is 2.91. The van der Waals surface area contributed by atoms with E-state index in [0.29, 0.717) is 21.7 Å². The van der Waals surface area contributed by atoms with Crippen LogP contribution in [-0.4, -0.2) is 28.2 Å². The van der Waals surface area contributed by atoms with Gasteiger partial charge in [0.15, 0.2) is 0 Å². The highest BCUT2D eigenvalue weighted by molar-refractivity contribution is 9.10. The molecular weight excluding hydrogens is 328 g/mol. The topological polar surface area (TPSA) is 81.5 Å². The van der Waals surface area contributed by atoms with Gasteiger partial charge in [0, 0.05) is 0 Å². The standard InChI is InChI=1S/C13H11BrN2O4/c1-19-12-10(14)7-15-13(16-12)20-9-4-2-8(3-5-9)6-11(17)18/h2-5,7H,6H2,1H3,(H,17,18). The molecule has 0 saturated heterocycles. The monoisotopic (exact) mass is 338 g/mol. The molecule has 7 heteroatoms. The van der Waals surface area contributed by atoms with E-state index in [1.807, 2.05) is 0 Å². The zero-order chi connectivity index (χ0) is 14.5. The van der Waals surface area contributed by atoms with Gasteiger partial charge >= 0.3 is 12.0 Å². The van der Waals surface area contributed by atoms with E-state index in [0.717, 1.165) is 0 Å². The maximum absolute atomic E-state index is 10.6. The third-order valence-electron chi connectivity index (χ3n) is 2.37. The minimum Gasteiger partial charge on any atom is -0.481 e. The van der Waals surface area contributed by atoms with Gasteiger partial charge in [-0.15, -0.1) is 0 Å². The van der Waals surface area contributed by atoms with Crippen molar-refractivity contribution in [2.24, 2.45) is 0 Å². The highest BCUT2D eigenvalue weighted by atomic mass is 79.9. The SMILES string of the molecule is COc1nc(Oc2ccc(CC(=O)O)cc2)ncc1Br. The number of nitrogens with zero attached hydrogens (tertiary/aromatic N) is 2. The van der Waals surface area contributed by atoms with Crippen LogP contribution in [0.3, 0.4) is 0 Å². The van der Waals surface area contributed by atoms with Crippen LogP contribution in [0.15, 0.2) is 34.9 Å². The Morgan fingerprint density at radius 3 is 2.65 bits per heavy atom. The Kier molecular flexibility index (Phi) is 4.52. The van der Waals surface area contributed by atoms with Crippen LogP contribution in [0.5, 0.6) is 17.6 Å². The van der Waals surface area contributed by atoms with Crippen molar-refractivity contribution >= 4 is 21.9 Å². The summed E-state index contributed by atoms with van der Waals surface area (Å²) in [6.45, 7) is 0. The highest BCUT2D eigenvalue weighted by Crippen LogP contribution is 2.25. The second-order valence-electron chi connectivity index (χ2n) is 3.83. The third kappa shape index (κ3) is 3.67. The number of ether oxygens (including phenoxy) is 2. The van der Waals surface area contributed by atoms with Crippen molar-refractivity contribution in [3.8, 4) is 17.6 Å². The Bertz CT molecular complexity index is 616. The summed E-state index contributed by atoms with van der Waals surface area (Å²) in [6, 6.07) is 6.84. The molecule has 0 unspecified atom stereocenters. The van der Waals surface area contributed by atoms with Crippen molar-refractivity contribution in [2.75, 3.05) is 7.11 Å². The normalized spacial score (nSPS) is 10.1. The summed E-state index contributed by atoms with van der Waals surface area (Å²) in [5.41, 5.74) is 0.694. The molecule has 1 aromatic heterocycles. The van der Waals surface area contributed by atoms with Gasteiger partial charge in [0.1, 0.15) is 5.75 Å². The molecule has 20 heavy (non-hydrogen) atoms. The lowest BCUT2D eigenvalue weighted by Crippen LogP contribution is -2.00. The molecule has 0 bridgehead atoms. The summed E-state index contributed by atoms with van der Waals surface area (Å²) in [4.78, 5) is 18.6. The molecule has 0 saturated carbocycles. The fraction of sp³-hybridized carbons (Fsp3) is 0.154. The fourth-order valence-corrected chi connectivity index (χ4v) is 1.84. The second-order valence-corrected chi connectivity index (χ2v) is 4.68. The lowest BCUT2D eigenvalue weighted by atomic mass is 10.1. The molecule has 0 aliphatic heterocycles. The first-order valence-corrected chi connectivity index (χ1v) is 6.43. The number of benzene rings is 1. The fourth-order valence-electron chi connectivity index (χ4n) is 1.48. The Hall–Kier alpha value is -2.15. The number of methoxy groups -OCH3 is 1. The summed E-state index contributed by atoms with van der Waals surface area (Å²) in [5, 5.41) is 8.69. The molecule has 2 rings (SSSR count). The van der Waals surface area contributed by atoms with Crippen LogP contribution in [0.2, 0.25) is 0 Å². The minimum atomic E-state index is -0.875. The average Bonchev–Trinajstić information content (AvgIpc) is 2.42. The smallest absolute Gasteiger partial charge is 0.325 e. The number of hydrogen-bond donors (Lipinski definition) is 1. The molecule has 1 N–H and O–H groups in total. The van der Waals surface area contributed by atoms with Gasteiger partial charge in [0.2, 0.25) is 5.88 Å². The molecule has 2 aromatic rings. The first-order valence-electron chi connectivity index (χ1n) is 5.63. The van der Waals surface area contributed by atoms with Crippen molar-refractivity contribution in [3.63, 3.8) is 0 Å². The summed E-state index contributed by atoms with van der Waals surface area (Å²) in [6.07, 6.45) is 1.50. The largest absolute Gasteiger partial charge is 0.481 e. The van der Waals surface area contributed by atoms with Gasteiger partial charge in [0.05, 0.1) is 24.2 Å². The molecule has 0 spiro atoms. The van der Waals surface area contributed by atoms with Crippen LogP contribution in [-0.2, 0) is 11.2 Å². The predicted octanol–water partition coefficient (Wildman–Crippen LogP) is 2.67. The molecule has 104 valence electrons. The second kappa shape index (κ2) is 6.33. The van der Waals surface area contributed by atoms with Crippen LogP contribution < -0.4 is 9.47 Å². The average molecular weight is 339 g/mol. The summed E-state index contributed by atoms with van der Waals surface area (Å²) < 4.78 is 11.1. The van der Waals surface area contributed by atoms with Gasteiger partial charge in [-0.3, -0.25) is 4.79 Å². The number of carbonyl (C=O) groups is 1. The molecule has 0 aliphatic rings. The predicted molar refractivity (Wildman–Crippen MR) is 74.1 cm³/mol. The van der Waals surface area contributed by atoms with E-state index < -0.39 is 5.97 Å². The van der Waals surface area contributed by atoms with Gasteiger partial charge < -0.3 is 14.6 Å². The number of hydrogen-bond acceptors (Lipinski definition) is 5. The lowest BCUT2D eigenvalue weighted by molar-refractivity contribution is -0.136. The Labute approximate surface area is 123 Å². The van der Waals surface area contributed by atoms with E-state index in [-0.39, 0.29) is 12.4 Å². The van der Waals surface area contributed by atoms with Crippen molar-refractivity contribution in [3.05, 3.63) is 40.5 Å². The number of aliphatic carboxylic acids is 1. The van der Waals surface area contributed by atoms with Gasteiger partial charge in [-0.1, -0.05) is 12.1 Å². The Morgan fingerprint density at radius 1 is 1.35 bits per heavy atom. The molecule has 0 aliphatic carbocycles. The highest BCUT2D eigenvalue weighted by Gasteiger charge is 2.07. The van der Waals surface area contributed by atoms with Crippen molar-refractivity contribution in [1.29, 1.82) is 0 Å². The van der Waals surface area contributed by atoms with Crippen molar-refractivity contribution in [2.45, 2.75) is 6.42 Å². The minimum absolute atomic E-state index is 0.0249. The first-order chi connectivity index (χ1) is 9.58. The molecule has 0 fully saturated rings. The first kappa shape index (κ1) is 14.3. The van der Waals surface area contributed by atoms with E-state index in [9.17, 15) is 4.79 Å². The number of aromatic nitrogens is 2. The summed E-state index contributed by atoms with van der Waals surface area (Å²) in [5.74, 6) is 0.0145. The molecule has 0 radical (unpaired) electrons. The van der Waals surface area contributed by atoms with Crippen molar-refractivity contribution in [1.82, 2.24) is 9.97 Å². The van der Waals surface area contributed by atoms with Crippen LogP contribution in [0.4, 0.5) is 0 Å². The van der Waals surface area contributed by atoms with Gasteiger partial charge in [-0.05, 0) is 33.6 Å². The Morgan fingerprint density at radius 2 is 2.05 bits per heavy atom. The quantitative estimate of drug-likeness (QED) is 0.902. The van der Waals surface area contributed by atoms with E-state index in [1.165, 1.54) is 13.3 Å². The molecule has 1 heterocycles. The van der Waals surface area contributed by atoms with E-state index in [4.69, 9.17) is 14.6 Å². The number of carboxylic acids is 1. The maximum Gasteiger partial charge on any atom is 0.325 e. The zero-order valence-corrected chi connectivity index (χ0v) is 12.1. The number of halogens is 1. The van der Waals surface area contributed by atoms with E-state index in [1.54, 1.807) is 24.3 Å². The molecule has 0 amide bonds. The van der Waals surface area contributed by atoms with Crippen LogP contribution in [0.25, 0.3) is 0 Å². The zero-order valence-electron chi connectivity index (χ0n) is 10.5. The van der Waals surface area contributed by atoms with Crippen LogP contribution in [0, 0.1) is 0 Å². The van der Waals surface area contributed by atoms with Crippen LogP contribution >= 0.6 is 15.9 Å². The number of rotatable bonds is 5. The van der Waals surface area contributed by atoms with Gasteiger partial charge in [-0.2, -0.15) is 4.98 Å². The maximum atomic E-state index is 10.6. The molecule has 0 atom stereocenters. The Balaban J connectivity index is 2.11. The number of carboxylic acid groups (broad SMARTS) is 1. The summed E-state index contributed by atoms with van der Waals surface area (Å²) in [7, 11) is 1.50.